The molecule has 0 saturated carbocycles. The number of rotatable bonds is 4. The predicted molar refractivity (Wildman–Crippen MR) is 62.2 cm³/mol. The predicted octanol–water partition coefficient (Wildman–Crippen LogP) is 2.02. The van der Waals surface area contributed by atoms with Gasteiger partial charge < -0.3 is 14.7 Å². The zero-order chi connectivity index (χ0) is 12.0. The first-order chi connectivity index (χ1) is 7.63. The van der Waals surface area contributed by atoms with Crippen LogP contribution >= 0.6 is 0 Å². The van der Waals surface area contributed by atoms with Gasteiger partial charge in [0, 0.05) is 13.1 Å². The molecule has 94 valence electrons. The molecule has 0 aromatic carbocycles. The second kappa shape index (κ2) is 6.74. The van der Waals surface area contributed by atoms with E-state index in [1.807, 2.05) is 13.8 Å². The van der Waals surface area contributed by atoms with E-state index in [2.05, 4.69) is 0 Å². The van der Waals surface area contributed by atoms with Crippen molar-refractivity contribution < 1.29 is 14.6 Å². The summed E-state index contributed by atoms with van der Waals surface area (Å²) in [6.07, 6.45) is 3.61. The summed E-state index contributed by atoms with van der Waals surface area (Å²) in [7, 11) is 0. The van der Waals surface area contributed by atoms with E-state index in [4.69, 9.17) is 4.74 Å². The number of hydrogen-bond acceptors (Lipinski definition) is 3. The first-order valence-corrected chi connectivity index (χ1v) is 6.23. The first kappa shape index (κ1) is 13.3. The third-order valence-corrected chi connectivity index (χ3v) is 3.13. The van der Waals surface area contributed by atoms with Gasteiger partial charge in [0.05, 0.1) is 12.7 Å². The average molecular weight is 229 g/mol. The number of hydrogen-bond donors (Lipinski definition) is 1. The number of nitrogens with zero attached hydrogens (tertiary/aromatic N) is 1. The quantitative estimate of drug-likeness (QED) is 0.802. The zero-order valence-electron chi connectivity index (χ0n) is 10.3. The maximum Gasteiger partial charge on any atom is 0.409 e. The van der Waals surface area contributed by atoms with Gasteiger partial charge in [0.15, 0.2) is 0 Å². The second-order valence-corrected chi connectivity index (χ2v) is 4.56. The van der Waals surface area contributed by atoms with E-state index >= 15 is 0 Å². The Balaban J connectivity index is 2.20. The number of ether oxygens (including phenoxy) is 1. The number of aliphatic hydroxyl groups excluding tert-OH is 1. The van der Waals surface area contributed by atoms with Crippen LogP contribution in [0.15, 0.2) is 0 Å². The third kappa shape index (κ3) is 4.39. The Labute approximate surface area is 97.6 Å². The minimum Gasteiger partial charge on any atom is -0.450 e. The molecule has 0 radical (unpaired) electrons. The van der Waals surface area contributed by atoms with Crippen LogP contribution in [0.3, 0.4) is 0 Å². The Morgan fingerprint density at radius 2 is 2.12 bits per heavy atom. The number of amides is 1. The maximum absolute atomic E-state index is 11.4. The van der Waals surface area contributed by atoms with Crippen LogP contribution in [-0.2, 0) is 4.74 Å². The Morgan fingerprint density at radius 1 is 1.50 bits per heavy atom. The van der Waals surface area contributed by atoms with Crippen LogP contribution in [0.25, 0.3) is 0 Å². The molecule has 0 aromatic rings. The molecule has 1 amide bonds. The highest BCUT2D eigenvalue weighted by Crippen LogP contribution is 2.22. The summed E-state index contributed by atoms with van der Waals surface area (Å²) in [5, 5.41) is 9.21. The van der Waals surface area contributed by atoms with Crippen molar-refractivity contribution in [1.29, 1.82) is 0 Å². The summed E-state index contributed by atoms with van der Waals surface area (Å²) < 4.78 is 4.96. The van der Waals surface area contributed by atoms with Crippen molar-refractivity contribution in [3.63, 3.8) is 0 Å². The molecule has 1 aliphatic heterocycles. The monoisotopic (exact) mass is 229 g/mol. The van der Waals surface area contributed by atoms with Crippen LogP contribution in [0.1, 0.15) is 39.5 Å². The Bertz CT molecular complexity index is 210. The van der Waals surface area contributed by atoms with Gasteiger partial charge in [-0.05, 0) is 45.4 Å². The highest BCUT2D eigenvalue weighted by molar-refractivity contribution is 5.67. The molecular weight excluding hydrogens is 206 g/mol. The van der Waals surface area contributed by atoms with E-state index in [9.17, 15) is 9.90 Å². The van der Waals surface area contributed by atoms with Crippen molar-refractivity contribution in [1.82, 2.24) is 4.90 Å². The molecule has 1 saturated heterocycles. The molecule has 0 aliphatic carbocycles. The average Bonchev–Trinajstić information content (AvgIpc) is 2.27. The Morgan fingerprint density at radius 3 is 2.62 bits per heavy atom. The Kier molecular flexibility index (Phi) is 5.60. The highest BCUT2D eigenvalue weighted by Gasteiger charge is 2.23. The van der Waals surface area contributed by atoms with Gasteiger partial charge in [0.2, 0.25) is 0 Å². The van der Waals surface area contributed by atoms with E-state index in [1.54, 1.807) is 4.90 Å². The molecule has 1 heterocycles. The number of aliphatic hydroxyl groups is 1. The largest absolute Gasteiger partial charge is 0.450 e. The van der Waals surface area contributed by atoms with Gasteiger partial charge in [-0.2, -0.15) is 0 Å². The van der Waals surface area contributed by atoms with Crippen molar-refractivity contribution in [2.24, 2.45) is 5.92 Å². The van der Waals surface area contributed by atoms with Crippen molar-refractivity contribution in [3.05, 3.63) is 0 Å². The molecule has 1 atom stereocenters. The van der Waals surface area contributed by atoms with Crippen LogP contribution < -0.4 is 0 Å². The molecule has 4 nitrogen and oxygen atoms in total. The number of carbonyl (C=O) groups excluding carboxylic acids is 1. The number of likely N-dealkylation sites (tertiary alicyclic amines) is 1. The minimum atomic E-state index is -0.205. The highest BCUT2D eigenvalue weighted by atomic mass is 16.6. The van der Waals surface area contributed by atoms with Gasteiger partial charge in [-0.25, -0.2) is 4.79 Å². The van der Waals surface area contributed by atoms with Crippen LogP contribution in [-0.4, -0.2) is 41.9 Å². The topological polar surface area (TPSA) is 49.8 Å². The van der Waals surface area contributed by atoms with Crippen molar-refractivity contribution in [2.45, 2.75) is 45.6 Å². The lowest BCUT2D eigenvalue weighted by atomic mass is 9.91. The lowest BCUT2D eigenvalue weighted by Gasteiger charge is -2.31. The summed E-state index contributed by atoms with van der Waals surface area (Å²) in [4.78, 5) is 13.2. The number of piperidine rings is 1. The minimum absolute atomic E-state index is 0.184. The summed E-state index contributed by atoms with van der Waals surface area (Å²) in [6.45, 7) is 5.69. The zero-order valence-corrected chi connectivity index (χ0v) is 10.3. The van der Waals surface area contributed by atoms with Crippen LogP contribution in [0.5, 0.6) is 0 Å². The summed E-state index contributed by atoms with van der Waals surface area (Å²) >= 11 is 0. The van der Waals surface area contributed by atoms with Gasteiger partial charge in [-0.1, -0.05) is 0 Å². The van der Waals surface area contributed by atoms with E-state index < -0.39 is 0 Å². The van der Waals surface area contributed by atoms with Crippen LogP contribution in [0, 0.1) is 5.92 Å². The first-order valence-electron chi connectivity index (χ1n) is 6.23. The molecule has 16 heavy (non-hydrogen) atoms. The number of carbonyl (C=O) groups is 1. The van der Waals surface area contributed by atoms with Gasteiger partial charge in [-0.15, -0.1) is 0 Å². The fourth-order valence-electron chi connectivity index (χ4n) is 2.10. The normalized spacial score (nSPS) is 19.6. The SMILES string of the molecule is CCOC(=O)N1CCC(CC[C@@H](C)O)CC1. The summed E-state index contributed by atoms with van der Waals surface area (Å²) in [5.41, 5.74) is 0. The summed E-state index contributed by atoms with van der Waals surface area (Å²) in [6, 6.07) is 0. The molecule has 1 rings (SSSR count). The van der Waals surface area contributed by atoms with Crippen molar-refractivity contribution >= 4 is 6.09 Å². The molecule has 1 fully saturated rings. The lowest BCUT2D eigenvalue weighted by molar-refractivity contribution is 0.0879. The molecule has 0 bridgehead atoms. The molecular formula is C12H23NO3. The van der Waals surface area contributed by atoms with Gasteiger partial charge >= 0.3 is 6.09 Å². The van der Waals surface area contributed by atoms with E-state index in [0.717, 1.165) is 38.8 Å². The van der Waals surface area contributed by atoms with Gasteiger partial charge in [0.25, 0.3) is 0 Å². The summed E-state index contributed by atoms with van der Waals surface area (Å²) in [5.74, 6) is 0.653. The van der Waals surface area contributed by atoms with E-state index in [-0.39, 0.29) is 12.2 Å². The second-order valence-electron chi connectivity index (χ2n) is 4.56. The molecule has 0 spiro atoms. The molecule has 0 unspecified atom stereocenters. The van der Waals surface area contributed by atoms with Crippen LogP contribution in [0.4, 0.5) is 4.79 Å². The molecule has 0 aromatic heterocycles. The fourth-order valence-corrected chi connectivity index (χ4v) is 2.10. The van der Waals surface area contributed by atoms with Crippen molar-refractivity contribution in [3.8, 4) is 0 Å². The maximum atomic E-state index is 11.4. The third-order valence-electron chi connectivity index (χ3n) is 3.13. The smallest absolute Gasteiger partial charge is 0.409 e. The fraction of sp³-hybridized carbons (Fsp3) is 0.917. The standard InChI is InChI=1S/C12H23NO3/c1-3-16-12(15)13-8-6-11(7-9-13)5-4-10(2)14/h10-11,14H,3-9H2,1-2H3/t10-/m1/s1. The van der Waals surface area contributed by atoms with Crippen molar-refractivity contribution in [2.75, 3.05) is 19.7 Å². The van der Waals surface area contributed by atoms with Crippen LogP contribution in [0.2, 0.25) is 0 Å². The molecule has 1 aliphatic rings. The van der Waals surface area contributed by atoms with E-state index in [1.165, 1.54) is 0 Å². The lowest BCUT2D eigenvalue weighted by Crippen LogP contribution is -2.38. The van der Waals surface area contributed by atoms with Gasteiger partial charge in [-0.3, -0.25) is 0 Å². The van der Waals surface area contributed by atoms with Gasteiger partial charge in [0.1, 0.15) is 0 Å². The molecule has 4 heteroatoms. The Hall–Kier alpha value is -0.770. The van der Waals surface area contributed by atoms with E-state index in [0.29, 0.717) is 12.5 Å². The molecule has 1 N–H and O–H groups in total.